The number of nitrogens with zero attached hydrogens (tertiary/aromatic N) is 1. The van der Waals surface area contributed by atoms with Gasteiger partial charge in [-0.2, -0.15) is 0 Å². The molecule has 4 nitrogen and oxygen atoms in total. The number of anilines is 2. The minimum absolute atomic E-state index is 0.0319. The molecule has 1 saturated carbocycles. The molecule has 0 unspecified atom stereocenters. The molecule has 23 heavy (non-hydrogen) atoms. The van der Waals surface area contributed by atoms with Crippen molar-refractivity contribution in [1.82, 2.24) is 4.98 Å². The highest BCUT2D eigenvalue weighted by molar-refractivity contribution is 5.73. The molecule has 0 saturated heterocycles. The molecule has 3 rings (SSSR count). The second-order valence-corrected chi connectivity index (χ2v) is 6.01. The van der Waals surface area contributed by atoms with Gasteiger partial charge in [-0.3, -0.25) is 4.98 Å². The molecule has 1 aromatic heterocycles. The maximum atomic E-state index is 9.14. The molecule has 1 aromatic carbocycles. The van der Waals surface area contributed by atoms with Crippen LogP contribution in [-0.2, 0) is 6.61 Å². The standard InChI is InChI=1S/C19H21N3O/c1-13-17(5-4-15-8-16(12-23)10-21-9-15)6-7-18(19(13)20)22-11-14-2-3-14/h6-10,14,22-23H,2-3,11-12,20H2,1H3. The number of hydrogen-bond acceptors (Lipinski definition) is 4. The second kappa shape index (κ2) is 6.72. The van der Waals surface area contributed by atoms with Gasteiger partial charge < -0.3 is 16.2 Å². The Labute approximate surface area is 136 Å². The van der Waals surface area contributed by atoms with E-state index in [1.165, 1.54) is 12.8 Å². The van der Waals surface area contributed by atoms with Crippen molar-refractivity contribution in [3.8, 4) is 11.8 Å². The second-order valence-electron chi connectivity index (χ2n) is 6.01. The van der Waals surface area contributed by atoms with Crippen molar-refractivity contribution >= 4 is 11.4 Å². The zero-order chi connectivity index (χ0) is 16.2. The highest BCUT2D eigenvalue weighted by atomic mass is 16.3. The van der Waals surface area contributed by atoms with E-state index >= 15 is 0 Å². The number of nitrogen functional groups attached to an aromatic ring is 1. The summed E-state index contributed by atoms with van der Waals surface area (Å²) >= 11 is 0. The van der Waals surface area contributed by atoms with Crippen molar-refractivity contribution in [3.63, 3.8) is 0 Å². The third-order valence-corrected chi connectivity index (χ3v) is 4.11. The van der Waals surface area contributed by atoms with Gasteiger partial charge in [-0.05, 0) is 55.0 Å². The molecule has 4 heteroatoms. The molecule has 0 spiro atoms. The first kappa shape index (κ1) is 15.4. The van der Waals surface area contributed by atoms with Gasteiger partial charge in [0, 0.05) is 30.1 Å². The summed E-state index contributed by atoms with van der Waals surface area (Å²) in [4.78, 5) is 4.07. The normalized spacial score (nSPS) is 13.3. The Kier molecular flexibility index (Phi) is 4.50. The lowest BCUT2D eigenvalue weighted by Crippen LogP contribution is -2.07. The van der Waals surface area contributed by atoms with E-state index in [1.807, 2.05) is 25.1 Å². The fraction of sp³-hybridized carbons (Fsp3) is 0.316. The van der Waals surface area contributed by atoms with Crippen molar-refractivity contribution in [3.05, 3.63) is 52.8 Å². The molecule has 0 amide bonds. The molecule has 0 radical (unpaired) electrons. The number of rotatable bonds is 4. The van der Waals surface area contributed by atoms with Crippen molar-refractivity contribution in [2.24, 2.45) is 5.92 Å². The molecular weight excluding hydrogens is 286 g/mol. The number of nitrogens with two attached hydrogens (primary N) is 1. The van der Waals surface area contributed by atoms with Crippen LogP contribution in [0, 0.1) is 24.7 Å². The van der Waals surface area contributed by atoms with E-state index in [2.05, 4.69) is 22.1 Å². The number of benzene rings is 1. The van der Waals surface area contributed by atoms with Gasteiger partial charge in [0.2, 0.25) is 0 Å². The van der Waals surface area contributed by atoms with Crippen LogP contribution in [0.1, 0.15) is 35.1 Å². The topological polar surface area (TPSA) is 71.2 Å². The van der Waals surface area contributed by atoms with Gasteiger partial charge in [0.05, 0.1) is 18.0 Å². The summed E-state index contributed by atoms with van der Waals surface area (Å²) in [6, 6.07) is 5.83. The van der Waals surface area contributed by atoms with Gasteiger partial charge >= 0.3 is 0 Å². The Morgan fingerprint density at radius 1 is 1.30 bits per heavy atom. The molecule has 0 atom stereocenters. The molecule has 0 aliphatic heterocycles. The minimum atomic E-state index is -0.0319. The average molecular weight is 307 g/mol. The first-order valence-corrected chi connectivity index (χ1v) is 7.87. The summed E-state index contributed by atoms with van der Waals surface area (Å²) in [6.45, 7) is 2.95. The van der Waals surface area contributed by atoms with Gasteiger partial charge in [0.1, 0.15) is 0 Å². The summed E-state index contributed by atoms with van der Waals surface area (Å²) in [5, 5.41) is 12.6. The van der Waals surface area contributed by atoms with Crippen molar-refractivity contribution in [2.75, 3.05) is 17.6 Å². The van der Waals surface area contributed by atoms with E-state index in [0.717, 1.165) is 46.1 Å². The lowest BCUT2D eigenvalue weighted by atomic mass is 10.0. The van der Waals surface area contributed by atoms with Crippen molar-refractivity contribution < 1.29 is 5.11 Å². The molecule has 1 aliphatic rings. The third-order valence-electron chi connectivity index (χ3n) is 4.11. The van der Waals surface area contributed by atoms with Crippen molar-refractivity contribution in [2.45, 2.75) is 26.4 Å². The van der Waals surface area contributed by atoms with Gasteiger partial charge in [0.15, 0.2) is 0 Å². The predicted octanol–water partition coefficient (Wildman–Crippen LogP) is 2.69. The molecule has 2 aromatic rings. The monoisotopic (exact) mass is 307 g/mol. The van der Waals surface area contributed by atoms with Crippen LogP contribution in [0.3, 0.4) is 0 Å². The Morgan fingerprint density at radius 2 is 2.13 bits per heavy atom. The number of aliphatic hydroxyl groups is 1. The van der Waals surface area contributed by atoms with Crippen LogP contribution in [0.25, 0.3) is 0 Å². The lowest BCUT2D eigenvalue weighted by Gasteiger charge is -2.12. The number of hydrogen-bond donors (Lipinski definition) is 3. The van der Waals surface area contributed by atoms with E-state index in [1.54, 1.807) is 12.4 Å². The van der Waals surface area contributed by atoms with Gasteiger partial charge in [-0.1, -0.05) is 11.8 Å². The lowest BCUT2D eigenvalue weighted by molar-refractivity contribution is 0.281. The van der Waals surface area contributed by atoms with Crippen LogP contribution in [0.15, 0.2) is 30.6 Å². The largest absolute Gasteiger partial charge is 0.397 e. The Bertz CT molecular complexity index is 770. The average Bonchev–Trinajstić information content (AvgIpc) is 3.40. The summed E-state index contributed by atoms with van der Waals surface area (Å²) in [7, 11) is 0. The maximum Gasteiger partial charge on any atom is 0.0697 e. The van der Waals surface area contributed by atoms with E-state index in [4.69, 9.17) is 10.8 Å². The minimum Gasteiger partial charge on any atom is -0.397 e. The van der Waals surface area contributed by atoms with Crippen LogP contribution in [0.2, 0.25) is 0 Å². The number of aliphatic hydroxyl groups excluding tert-OH is 1. The van der Waals surface area contributed by atoms with Crippen LogP contribution < -0.4 is 11.1 Å². The zero-order valence-corrected chi connectivity index (χ0v) is 13.3. The fourth-order valence-corrected chi connectivity index (χ4v) is 2.38. The van der Waals surface area contributed by atoms with E-state index in [-0.39, 0.29) is 6.61 Å². The molecule has 1 fully saturated rings. The molecule has 1 heterocycles. The third kappa shape index (κ3) is 3.82. The Balaban J connectivity index is 1.80. The molecule has 118 valence electrons. The number of pyridine rings is 1. The summed E-state index contributed by atoms with van der Waals surface area (Å²) in [6.07, 6.45) is 5.96. The summed E-state index contributed by atoms with van der Waals surface area (Å²) in [5.41, 5.74) is 11.4. The maximum absolute atomic E-state index is 9.14. The molecule has 1 aliphatic carbocycles. The number of aromatic nitrogens is 1. The zero-order valence-electron chi connectivity index (χ0n) is 13.3. The molecular formula is C19H21N3O. The van der Waals surface area contributed by atoms with E-state index in [0.29, 0.717) is 0 Å². The summed E-state index contributed by atoms with van der Waals surface area (Å²) < 4.78 is 0. The number of nitrogens with one attached hydrogen (secondary N) is 1. The smallest absolute Gasteiger partial charge is 0.0697 e. The van der Waals surface area contributed by atoms with Gasteiger partial charge in [-0.25, -0.2) is 0 Å². The van der Waals surface area contributed by atoms with Gasteiger partial charge in [0.25, 0.3) is 0 Å². The van der Waals surface area contributed by atoms with E-state index in [9.17, 15) is 0 Å². The van der Waals surface area contributed by atoms with Crippen LogP contribution in [0.4, 0.5) is 11.4 Å². The van der Waals surface area contributed by atoms with E-state index < -0.39 is 0 Å². The quantitative estimate of drug-likeness (QED) is 0.600. The highest BCUT2D eigenvalue weighted by Crippen LogP contribution is 2.31. The fourth-order valence-electron chi connectivity index (χ4n) is 2.38. The first-order chi connectivity index (χ1) is 11.2. The van der Waals surface area contributed by atoms with Crippen LogP contribution >= 0.6 is 0 Å². The van der Waals surface area contributed by atoms with Crippen LogP contribution in [0.5, 0.6) is 0 Å². The summed E-state index contributed by atoms with van der Waals surface area (Å²) in [5.74, 6) is 7.04. The predicted molar refractivity (Wildman–Crippen MR) is 92.9 cm³/mol. The van der Waals surface area contributed by atoms with Crippen molar-refractivity contribution in [1.29, 1.82) is 0 Å². The SMILES string of the molecule is Cc1c(C#Cc2cncc(CO)c2)ccc(NCC2CC2)c1N. The van der Waals surface area contributed by atoms with Gasteiger partial charge in [-0.15, -0.1) is 0 Å². The van der Waals surface area contributed by atoms with Crippen LogP contribution in [-0.4, -0.2) is 16.6 Å². The Hall–Kier alpha value is -2.51. The Morgan fingerprint density at radius 3 is 2.87 bits per heavy atom. The first-order valence-electron chi connectivity index (χ1n) is 7.87. The molecule has 4 N–H and O–H groups in total. The molecule has 0 bridgehead atoms. The highest BCUT2D eigenvalue weighted by Gasteiger charge is 2.21.